The zero-order valence-corrected chi connectivity index (χ0v) is 19.0. The van der Waals surface area contributed by atoms with E-state index in [9.17, 15) is 18.4 Å². The quantitative estimate of drug-likeness (QED) is 0.350. The maximum Gasteiger partial charge on any atom is 0.387 e. The zero-order chi connectivity index (χ0) is 23.7. The van der Waals surface area contributed by atoms with Crippen molar-refractivity contribution in [2.45, 2.75) is 33.9 Å². The van der Waals surface area contributed by atoms with E-state index < -0.39 is 6.61 Å². The fourth-order valence-corrected chi connectivity index (χ4v) is 4.54. The van der Waals surface area contributed by atoms with Crippen molar-refractivity contribution in [1.82, 2.24) is 14.3 Å². The number of ketones is 1. The van der Waals surface area contributed by atoms with Crippen molar-refractivity contribution >= 4 is 17.1 Å². The molecular weight excluding hydrogens is 448 g/mol. The van der Waals surface area contributed by atoms with Crippen LogP contribution in [-0.4, -0.2) is 26.7 Å². The van der Waals surface area contributed by atoms with Crippen LogP contribution < -0.4 is 10.3 Å². The molecule has 0 saturated heterocycles. The number of aryl methyl sites for hydroxylation is 2. The van der Waals surface area contributed by atoms with Gasteiger partial charge in [0.05, 0.1) is 4.88 Å². The van der Waals surface area contributed by atoms with Gasteiger partial charge in [0.15, 0.2) is 5.78 Å². The minimum atomic E-state index is -2.89. The lowest BCUT2D eigenvalue weighted by Gasteiger charge is -2.11. The number of rotatable bonds is 7. The van der Waals surface area contributed by atoms with E-state index >= 15 is 0 Å². The molecule has 0 radical (unpaired) electrons. The van der Waals surface area contributed by atoms with Gasteiger partial charge < -0.3 is 9.30 Å². The Morgan fingerprint density at radius 3 is 2.42 bits per heavy atom. The summed E-state index contributed by atoms with van der Waals surface area (Å²) in [5, 5.41) is 4.38. The van der Waals surface area contributed by atoms with Crippen LogP contribution in [0.25, 0.3) is 16.3 Å². The number of benzene rings is 1. The highest BCUT2D eigenvalue weighted by Gasteiger charge is 2.18. The average molecular weight is 470 g/mol. The third-order valence-electron chi connectivity index (χ3n) is 5.20. The van der Waals surface area contributed by atoms with E-state index in [1.165, 1.54) is 22.9 Å². The third-order valence-corrected chi connectivity index (χ3v) is 6.23. The Balaban J connectivity index is 1.61. The fraction of sp³-hybridized carbons (Fsp3) is 0.208. The monoisotopic (exact) mass is 469 g/mol. The van der Waals surface area contributed by atoms with Crippen molar-refractivity contribution in [2.75, 3.05) is 0 Å². The third kappa shape index (κ3) is 4.78. The number of ether oxygens (including phenoxy) is 1. The lowest BCUT2D eigenvalue weighted by molar-refractivity contribution is -0.0498. The van der Waals surface area contributed by atoms with Gasteiger partial charge in [0.1, 0.15) is 18.0 Å². The number of thiophene rings is 1. The molecule has 0 aliphatic carbocycles. The van der Waals surface area contributed by atoms with Gasteiger partial charge in [-0.2, -0.15) is 13.9 Å². The molecule has 9 heteroatoms. The summed E-state index contributed by atoms with van der Waals surface area (Å²) in [6, 6.07) is 14.9. The van der Waals surface area contributed by atoms with E-state index in [1.54, 1.807) is 42.5 Å². The second-order valence-corrected chi connectivity index (χ2v) is 8.83. The highest BCUT2D eigenvalue weighted by molar-refractivity contribution is 7.15. The molecule has 4 aromatic rings. The van der Waals surface area contributed by atoms with Crippen molar-refractivity contribution in [2.24, 2.45) is 0 Å². The van der Waals surface area contributed by atoms with Gasteiger partial charge in [0.2, 0.25) is 0 Å². The molecule has 0 bridgehead atoms. The van der Waals surface area contributed by atoms with Crippen LogP contribution in [0.2, 0.25) is 0 Å². The molecule has 0 saturated carbocycles. The number of halogens is 2. The molecule has 0 N–H and O–H groups in total. The van der Waals surface area contributed by atoms with E-state index in [0.717, 1.165) is 15.4 Å². The van der Waals surface area contributed by atoms with Gasteiger partial charge in [0, 0.05) is 33.6 Å². The molecule has 0 aliphatic heterocycles. The van der Waals surface area contributed by atoms with E-state index in [2.05, 4.69) is 9.84 Å². The minimum Gasteiger partial charge on any atom is -0.435 e. The Kier molecular flexibility index (Phi) is 6.24. The number of alkyl halides is 2. The second-order valence-electron chi connectivity index (χ2n) is 7.54. The fourth-order valence-electron chi connectivity index (χ4n) is 3.71. The van der Waals surface area contributed by atoms with Crippen molar-refractivity contribution < 1.29 is 18.3 Å². The predicted octanol–water partition coefficient (Wildman–Crippen LogP) is 5.17. The molecule has 3 aromatic heterocycles. The van der Waals surface area contributed by atoms with E-state index in [0.29, 0.717) is 22.6 Å². The summed E-state index contributed by atoms with van der Waals surface area (Å²) < 4.78 is 32.2. The van der Waals surface area contributed by atoms with Gasteiger partial charge in [-0.25, -0.2) is 4.68 Å². The first-order chi connectivity index (χ1) is 15.7. The summed E-state index contributed by atoms with van der Waals surface area (Å²) in [6.45, 7) is 2.54. The largest absolute Gasteiger partial charge is 0.435 e. The van der Waals surface area contributed by atoms with Crippen molar-refractivity contribution in [3.63, 3.8) is 0 Å². The molecule has 33 heavy (non-hydrogen) atoms. The summed E-state index contributed by atoms with van der Waals surface area (Å²) >= 11 is 1.56. The number of carbonyl (C=O) groups excluding carboxylic acids is 1. The maximum absolute atomic E-state index is 13.1. The van der Waals surface area contributed by atoms with Gasteiger partial charge in [-0.15, -0.1) is 11.3 Å². The van der Waals surface area contributed by atoms with E-state index in [1.807, 2.05) is 30.5 Å². The number of Topliss-reactive ketones (excluding diaryl/α,β-unsaturated/α-hetero) is 1. The Morgan fingerprint density at radius 2 is 1.79 bits per heavy atom. The molecule has 4 rings (SSSR count). The maximum atomic E-state index is 13.1. The number of hydrogen-bond donors (Lipinski definition) is 0. The Morgan fingerprint density at radius 1 is 1.06 bits per heavy atom. The van der Waals surface area contributed by atoms with E-state index in [-0.39, 0.29) is 23.6 Å². The van der Waals surface area contributed by atoms with Gasteiger partial charge >= 0.3 is 6.61 Å². The standard InChI is InChI=1S/C24H21F2N3O3S/c1-14-12-19(16(3)29(14)17-5-7-18(8-6-17)32-24(25)26)21(30)13-28-23(31)11-9-20(27-28)22-10-4-15(2)33-22/h4-12,24H,13H2,1-3H3. The Hall–Kier alpha value is -3.59. The Labute approximate surface area is 192 Å². The smallest absolute Gasteiger partial charge is 0.387 e. The SMILES string of the molecule is Cc1ccc(-c2ccc(=O)n(CC(=O)c3cc(C)n(-c4ccc(OC(F)F)cc4)c3C)n2)s1. The van der Waals surface area contributed by atoms with E-state index in [4.69, 9.17) is 0 Å². The summed E-state index contributed by atoms with van der Waals surface area (Å²) in [5.41, 5.74) is 2.92. The zero-order valence-electron chi connectivity index (χ0n) is 18.2. The first-order valence-corrected chi connectivity index (χ1v) is 11.0. The van der Waals surface area contributed by atoms with Crippen LogP contribution in [-0.2, 0) is 6.54 Å². The highest BCUT2D eigenvalue weighted by Crippen LogP contribution is 2.26. The van der Waals surface area contributed by atoms with Crippen LogP contribution in [0.1, 0.15) is 26.6 Å². The number of hydrogen-bond acceptors (Lipinski definition) is 5. The molecule has 0 aliphatic rings. The molecule has 0 amide bonds. The summed E-state index contributed by atoms with van der Waals surface area (Å²) in [7, 11) is 0. The van der Waals surface area contributed by atoms with Gasteiger partial charge in [-0.1, -0.05) is 0 Å². The topological polar surface area (TPSA) is 66.1 Å². The van der Waals surface area contributed by atoms with Crippen LogP contribution in [0, 0.1) is 20.8 Å². The Bertz CT molecular complexity index is 1370. The summed E-state index contributed by atoms with van der Waals surface area (Å²) in [6.07, 6.45) is 0. The predicted molar refractivity (Wildman–Crippen MR) is 123 cm³/mol. The number of carbonyl (C=O) groups is 1. The van der Waals surface area contributed by atoms with Crippen LogP contribution in [0.5, 0.6) is 5.75 Å². The van der Waals surface area contributed by atoms with Gasteiger partial charge in [0.25, 0.3) is 5.56 Å². The molecule has 0 spiro atoms. The molecule has 0 fully saturated rings. The highest BCUT2D eigenvalue weighted by atomic mass is 32.1. The second kappa shape index (κ2) is 9.11. The molecule has 3 heterocycles. The molecule has 1 aromatic carbocycles. The lowest BCUT2D eigenvalue weighted by Crippen LogP contribution is -2.26. The first-order valence-electron chi connectivity index (χ1n) is 10.2. The number of aromatic nitrogens is 3. The van der Waals surface area contributed by atoms with Crippen LogP contribution in [0.15, 0.2) is 59.4 Å². The van der Waals surface area contributed by atoms with Gasteiger partial charge in [-0.3, -0.25) is 9.59 Å². The first kappa shape index (κ1) is 22.6. The normalized spacial score (nSPS) is 11.2. The van der Waals surface area contributed by atoms with Crippen LogP contribution in [0.3, 0.4) is 0 Å². The summed E-state index contributed by atoms with van der Waals surface area (Å²) in [5.74, 6) is -0.195. The number of nitrogens with zero attached hydrogens (tertiary/aromatic N) is 3. The molecule has 0 unspecified atom stereocenters. The van der Waals surface area contributed by atoms with Crippen molar-refractivity contribution in [1.29, 1.82) is 0 Å². The average Bonchev–Trinajstić information content (AvgIpc) is 3.32. The van der Waals surface area contributed by atoms with Crippen LogP contribution in [0.4, 0.5) is 8.78 Å². The molecule has 6 nitrogen and oxygen atoms in total. The molecular formula is C24H21F2N3O3S. The van der Waals surface area contributed by atoms with Gasteiger partial charge in [-0.05, 0) is 69.3 Å². The molecule has 0 atom stereocenters. The summed E-state index contributed by atoms with van der Waals surface area (Å²) in [4.78, 5) is 27.5. The lowest BCUT2D eigenvalue weighted by atomic mass is 10.1. The minimum absolute atomic E-state index is 0.0544. The van der Waals surface area contributed by atoms with Crippen molar-refractivity contribution in [3.8, 4) is 22.0 Å². The molecule has 170 valence electrons. The van der Waals surface area contributed by atoms with Crippen molar-refractivity contribution in [3.05, 3.63) is 86.8 Å². The van der Waals surface area contributed by atoms with Crippen LogP contribution >= 0.6 is 11.3 Å².